The van der Waals surface area contributed by atoms with Crippen LogP contribution >= 0.6 is 11.3 Å². The van der Waals surface area contributed by atoms with Gasteiger partial charge in [0.15, 0.2) is 0 Å². The Morgan fingerprint density at radius 2 is 1.95 bits per heavy atom. The van der Waals surface area contributed by atoms with Crippen LogP contribution in [0.2, 0.25) is 0 Å². The third-order valence-corrected chi connectivity index (χ3v) is 4.35. The van der Waals surface area contributed by atoms with E-state index in [9.17, 15) is 13.2 Å². The Morgan fingerprint density at radius 1 is 1.26 bits per heavy atom. The van der Waals surface area contributed by atoms with E-state index < -0.39 is 10.0 Å². The zero-order valence-corrected chi connectivity index (χ0v) is 11.6. The van der Waals surface area contributed by atoms with Gasteiger partial charge in [-0.3, -0.25) is 14.5 Å². The lowest BCUT2D eigenvalue weighted by atomic mass is 10.3. The molecule has 0 aliphatic carbocycles. The number of rotatable bonds is 4. The normalized spacial score (nSPS) is 11.0. The van der Waals surface area contributed by atoms with E-state index in [1.54, 1.807) is 0 Å². The zero-order chi connectivity index (χ0) is 13.9. The number of nitrogens with zero attached hydrogens (tertiary/aromatic N) is 1. The molecule has 8 heteroatoms. The fourth-order valence-electron chi connectivity index (χ4n) is 1.38. The average molecular weight is 297 g/mol. The van der Waals surface area contributed by atoms with Crippen molar-refractivity contribution in [2.45, 2.75) is 11.8 Å². The summed E-state index contributed by atoms with van der Waals surface area (Å²) in [5.74, 6) is -0.210. The number of benzene rings is 1. The van der Waals surface area contributed by atoms with Gasteiger partial charge < -0.3 is 5.32 Å². The maximum atomic E-state index is 12.0. The summed E-state index contributed by atoms with van der Waals surface area (Å²) in [6.45, 7) is 1.38. The topological polar surface area (TPSA) is 88.2 Å². The lowest BCUT2D eigenvalue weighted by Gasteiger charge is -2.07. The van der Waals surface area contributed by atoms with E-state index in [2.05, 4.69) is 15.0 Å². The molecule has 0 saturated carbocycles. The van der Waals surface area contributed by atoms with Crippen molar-refractivity contribution in [3.63, 3.8) is 0 Å². The summed E-state index contributed by atoms with van der Waals surface area (Å²) in [4.78, 5) is 14.8. The SMILES string of the molecule is CC(=O)Nc1ccc(S(=O)(=O)Nc2cncs2)cc1. The van der Waals surface area contributed by atoms with Gasteiger partial charge in [-0.25, -0.2) is 8.42 Å². The summed E-state index contributed by atoms with van der Waals surface area (Å²) in [6.07, 6.45) is 1.44. The van der Waals surface area contributed by atoms with Crippen molar-refractivity contribution in [3.05, 3.63) is 36.0 Å². The summed E-state index contributed by atoms with van der Waals surface area (Å²) >= 11 is 1.20. The smallest absolute Gasteiger partial charge is 0.262 e. The maximum Gasteiger partial charge on any atom is 0.262 e. The van der Waals surface area contributed by atoms with E-state index in [4.69, 9.17) is 0 Å². The Morgan fingerprint density at radius 3 is 2.47 bits per heavy atom. The number of carbonyl (C=O) groups excluding carboxylic acids is 1. The van der Waals surface area contributed by atoms with Gasteiger partial charge in [0.1, 0.15) is 5.00 Å². The molecule has 0 atom stereocenters. The van der Waals surface area contributed by atoms with Crippen LogP contribution in [-0.4, -0.2) is 19.3 Å². The highest BCUT2D eigenvalue weighted by atomic mass is 32.2. The maximum absolute atomic E-state index is 12.0. The van der Waals surface area contributed by atoms with Gasteiger partial charge in [-0.2, -0.15) is 0 Å². The van der Waals surface area contributed by atoms with Crippen LogP contribution in [0.25, 0.3) is 0 Å². The Bertz CT molecular complexity index is 664. The fraction of sp³-hybridized carbons (Fsp3) is 0.0909. The van der Waals surface area contributed by atoms with Crippen LogP contribution in [0.3, 0.4) is 0 Å². The number of thiazole rings is 1. The van der Waals surface area contributed by atoms with Gasteiger partial charge in [0.2, 0.25) is 5.91 Å². The van der Waals surface area contributed by atoms with Crippen LogP contribution in [0.1, 0.15) is 6.92 Å². The van der Waals surface area contributed by atoms with Gasteiger partial charge in [0, 0.05) is 12.6 Å². The third-order valence-electron chi connectivity index (χ3n) is 2.15. The molecule has 0 fully saturated rings. The van der Waals surface area contributed by atoms with Gasteiger partial charge >= 0.3 is 0 Å². The standard InChI is InChI=1S/C11H11N3O3S2/c1-8(15)13-9-2-4-10(5-3-9)19(16,17)14-11-6-12-7-18-11/h2-7,14H,1H3,(H,13,15). The van der Waals surface area contributed by atoms with Crippen molar-refractivity contribution in [2.24, 2.45) is 0 Å². The van der Waals surface area contributed by atoms with Crippen molar-refractivity contribution in [2.75, 3.05) is 10.0 Å². The van der Waals surface area contributed by atoms with E-state index >= 15 is 0 Å². The second-order valence-electron chi connectivity index (χ2n) is 3.68. The predicted molar refractivity (Wildman–Crippen MR) is 73.7 cm³/mol. The number of carbonyl (C=O) groups is 1. The first-order chi connectivity index (χ1) is 8.97. The molecule has 0 unspecified atom stereocenters. The molecular weight excluding hydrogens is 286 g/mol. The number of hydrogen-bond donors (Lipinski definition) is 2. The molecule has 0 bridgehead atoms. The highest BCUT2D eigenvalue weighted by molar-refractivity contribution is 7.93. The summed E-state index contributed by atoms with van der Waals surface area (Å²) in [7, 11) is -3.62. The van der Waals surface area contributed by atoms with E-state index in [1.165, 1.54) is 54.2 Å². The van der Waals surface area contributed by atoms with Crippen LogP contribution in [-0.2, 0) is 14.8 Å². The molecule has 1 amide bonds. The number of anilines is 2. The minimum atomic E-state index is -3.62. The van der Waals surface area contributed by atoms with Gasteiger partial charge in [-0.05, 0) is 24.3 Å². The van der Waals surface area contributed by atoms with Crippen LogP contribution < -0.4 is 10.0 Å². The van der Waals surface area contributed by atoms with Crippen LogP contribution in [0.15, 0.2) is 40.9 Å². The Hall–Kier alpha value is -1.93. The predicted octanol–water partition coefficient (Wildman–Crippen LogP) is 1.90. The quantitative estimate of drug-likeness (QED) is 0.902. The van der Waals surface area contributed by atoms with Crippen LogP contribution in [0.4, 0.5) is 10.7 Å². The first kappa shape index (κ1) is 13.5. The molecule has 2 aromatic rings. The second-order valence-corrected chi connectivity index (χ2v) is 6.25. The molecule has 1 aromatic carbocycles. The molecule has 0 radical (unpaired) electrons. The number of amides is 1. The van der Waals surface area contributed by atoms with E-state index in [-0.39, 0.29) is 10.8 Å². The average Bonchev–Trinajstić information content (AvgIpc) is 2.81. The summed E-state index contributed by atoms with van der Waals surface area (Å²) in [5, 5.41) is 3.02. The molecule has 2 rings (SSSR count). The molecule has 0 aliphatic heterocycles. The highest BCUT2D eigenvalue weighted by Gasteiger charge is 2.14. The molecular formula is C11H11N3O3S2. The Labute approximate surface area is 114 Å². The van der Waals surface area contributed by atoms with E-state index in [0.29, 0.717) is 10.7 Å². The molecule has 19 heavy (non-hydrogen) atoms. The fourth-order valence-corrected chi connectivity index (χ4v) is 3.19. The minimum Gasteiger partial charge on any atom is -0.326 e. The highest BCUT2D eigenvalue weighted by Crippen LogP contribution is 2.20. The lowest BCUT2D eigenvalue weighted by molar-refractivity contribution is -0.114. The molecule has 2 N–H and O–H groups in total. The monoisotopic (exact) mass is 297 g/mol. The van der Waals surface area contributed by atoms with Gasteiger partial charge in [0.25, 0.3) is 10.0 Å². The number of nitrogens with one attached hydrogen (secondary N) is 2. The van der Waals surface area contributed by atoms with Crippen molar-refractivity contribution in [3.8, 4) is 0 Å². The van der Waals surface area contributed by atoms with Gasteiger partial charge in [-0.15, -0.1) is 11.3 Å². The zero-order valence-electron chi connectivity index (χ0n) is 9.95. The van der Waals surface area contributed by atoms with Crippen molar-refractivity contribution < 1.29 is 13.2 Å². The van der Waals surface area contributed by atoms with Crippen LogP contribution in [0.5, 0.6) is 0 Å². The first-order valence-corrected chi connectivity index (χ1v) is 7.62. The number of hydrogen-bond acceptors (Lipinski definition) is 5. The van der Waals surface area contributed by atoms with Gasteiger partial charge in [0.05, 0.1) is 16.6 Å². The third kappa shape index (κ3) is 3.52. The molecule has 0 saturated heterocycles. The van der Waals surface area contributed by atoms with Crippen molar-refractivity contribution >= 4 is 38.0 Å². The molecule has 100 valence electrons. The van der Waals surface area contributed by atoms with E-state index in [0.717, 1.165) is 0 Å². The number of aromatic nitrogens is 1. The molecule has 1 aromatic heterocycles. The lowest BCUT2D eigenvalue weighted by Crippen LogP contribution is -2.12. The molecule has 0 aliphatic rings. The minimum absolute atomic E-state index is 0.120. The van der Waals surface area contributed by atoms with E-state index in [1.807, 2.05) is 0 Å². The largest absolute Gasteiger partial charge is 0.326 e. The Balaban J connectivity index is 2.19. The van der Waals surface area contributed by atoms with Crippen LogP contribution in [0, 0.1) is 0 Å². The first-order valence-electron chi connectivity index (χ1n) is 5.26. The van der Waals surface area contributed by atoms with Gasteiger partial charge in [-0.1, -0.05) is 0 Å². The summed E-state index contributed by atoms with van der Waals surface area (Å²) in [5.41, 5.74) is 2.09. The molecule has 1 heterocycles. The van der Waals surface area contributed by atoms with Crippen molar-refractivity contribution in [1.82, 2.24) is 4.98 Å². The Kier molecular flexibility index (Phi) is 3.82. The molecule has 6 nitrogen and oxygen atoms in total. The summed E-state index contributed by atoms with van der Waals surface area (Å²) < 4.78 is 26.4. The summed E-state index contributed by atoms with van der Waals surface area (Å²) in [6, 6.07) is 5.91. The number of sulfonamides is 1. The van der Waals surface area contributed by atoms with Crippen molar-refractivity contribution in [1.29, 1.82) is 0 Å². The second kappa shape index (κ2) is 5.37. The molecule has 0 spiro atoms.